The fourth-order valence-electron chi connectivity index (χ4n) is 1.22. The topological polar surface area (TPSA) is 61.4 Å². The van der Waals surface area contributed by atoms with E-state index in [4.69, 9.17) is 5.11 Å². The molecule has 11 heavy (non-hydrogen) atoms. The highest BCUT2D eigenvalue weighted by atomic mass is 19.1. The third kappa shape index (κ3) is 2.04. The van der Waals surface area contributed by atoms with Gasteiger partial charge in [-0.1, -0.05) is 0 Å². The number of carboxylic acid groups (broad SMARTS) is 1. The molecule has 0 spiro atoms. The molecule has 1 saturated heterocycles. The van der Waals surface area contributed by atoms with E-state index >= 15 is 0 Å². The molecule has 1 aliphatic rings. The van der Waals surface area contributed by atoms with Crippen LogP contribution in [-0.4, -0.2) is 37.0 Å². The number of amides is 1. The van der Waals surface area contributed by atoms with Crippen LogP contribution in [0.5, 0.6) is 0 Å². The van der Waals surface area contributed by atoms with E-state index in [0.717, 1.165) is 0 Å². The summed E-state index contributed by atoms with van der Waals surface area (Å²) in [5.41, 5.74) is 0. The van der Waals surface area contributed by atoms with Crippen LogP contribution in [0.4, 0.5) is 9.18 Å². The minimum Gasteiger partial charge on any atom is -0.465 e. The Balaban J connectivity index is 2.37. The number of rotatable bonds is 2. The fraction of sp³-hybridized carbons (Fsp3) is 0.833. The standard InChI is InChI=1S/C6H11FN2O2/c7-1-4-2-8-3-5(4)9-6(10)11/h4-5,8-9H,1-3H2,(H,10,11)/t4-,5+/m0/s1. The van der Waals surface area contributed by atoms with Gasteiger partial charge in [0.2, 0.25) is 0 Å². The fourth-order valence-corrected chi connectivity index (χ4v) is 1.22. The van der Waals surface area contributed by atoms with Crippen LogP contribution in [0.2, 0.25) is 0 Å². The molecule has 1 rings (SSSR count). The van der Waals surface area contributed by atoms with E-state index in [1.54, 1.807) is 0 Å². The Morgan fingerprint density at radius 3 is 3.00 bits per heavy atom. The van der Waals surface area contributed by atoms with Crippen LogP contribution < -0.4 is 10.6 Å². The maximum atomic E-state index is 12.1. The van der Waals surface area contributed by atoms with Gasteiger partial charge >= 0.3 is 6.09 Å². The zero-order valence-electron chi connectivity index (χ0n) is 6.01. The summed E-state index contributed by atoms with van der Waals surface area (Å²) in [7, 11) is 0. The third-order valence-electron chi connectivity index (χ3n) is 1.85. The molecule has 1 aliphatic heterocycles. The Bertz CT molecular complexity index is 154. The normalized spacial score (nSPS) is 30.3. The van der Waals surface area contributed by atoms with Crippen molar-refractivity contribution in [1.82, 2.24) is 10.6 Å². The quantitative estimate of drug-likeness (QED) is 0.527. The molecule has 0 aromatic rings. The summed E-state index contributed by atoms with van der Waals surface area (Å²) in [4.78, 5) is 10.2. The van der Waals surface area contributed by atoms with Crippen molar-refractivity contribution in [3.8, 4) is 0 Å². The summed E-state index contributed by atoms with van der Waals surface area (Å²) in [6.07, 6.45) is -1.09. The van der Waals surface area contributed by atoms with Crippen molar-refractivity contribution in [3.05, 3.63) is 0 Å². The first-order chi connectivity index (χ1) is 5.24. The molecule has 0 aromatic carbocycles. The highest BCUT2D eigenvalue weighted by molar-refractivity contribution is 5.65. The average molecular weight is 162 g/mol. The van der Waals surface area contributed by atoms with Crippen molar-refractivity contribution in [1.29, 1.82) is 0 Å². The minimum atomic E-state index is -1.09. The summed E-state index contributed by atoms with van der Waals surface area (Å²) in [6.45, 7) is 0.611. The van der Waals surface area contributed by atoms with Gasteiger partial charge in [-0.25, -0.2) is 4.79 Å². The summed E-state index contributed by atoms with van der Waals surface area (Å²) >= 11 is 0. The second kappa shape index (κ2) is 3.52. The van der Waals surface area contributed by atoms with Crippen LogP contribution in [0.1, 0.15) is 0 Å². The molecule has 0 radical (unpaired) electrons. The monoisotopic (exact) mass is 162 g/mol. The van der Waals surface area contributed by atoms with E-state index in [2.05, 4.69) is 10.6 Å². The van der Waals surface area contributed by atoms with Crippen molar-refractivity contribution in [2.45, 2.75) is 6.04 Å². The van der Waals surface area contributed by atoms with E-state index in [-0.39, 0.29) is 12.0 Å². The molecule has 0 saturated carbocycles. The van der Waals surface area contributed by atoms with Gasteiger partial charge in [0.15, 0.2) is 0 Å². The molecule has 0 aromatic heterocycles. The van der Waals surface area contributed by atoms with Gasteiger partial charge in [-0.15, -0.1) is 0 Å². The van der Waals surface area contributed by atoms with Crippen LogP contribution in [-0.2, 0) is 0 Å². The van der Waals surface area contributed by atoms with Gasteiger partial charge in [0.1, 0.15) is 0 Å². The van der Waals surface area contributed by atoms with Crippen LogP contribution in [0.3, 0.4) is 0 Å². The summed E-state index contributed by atoms with van der Waals surface area (Å²) < 4.78 is 12.1. The predicted octanol–water partition coefficient (Wildman–Crippen LogP) is -0.189. The van der Waals surface area contributed by atoms with Crippen molar-refractivity contribution >= 4 is 6.09 Å². The van der Waals surface area contributed by atoms with Gasteiger partial charge in [-0.3, -0.25) is 4.39 Å². The molecule has 4 nitrogen and oxygen atoms in total. The molecule has 3 N–H and O–H groups in total. The Hall–Kier alpha value is -0.840. The number of alkyl halides is 1. The molecular weight excluding hydrogens is 151 g/mol. The van der Waals surface area contributed by atoms with Crippen LogP contribution in [0.25, 0.3) is 0 Å². The van der Waals surface area contributed by atoms with Gasteiger partial charge in [0.05, 0.1) is 12.7 Å². The smallest absolute Gasteiger partial charge is 0.404 e. The van der Waals surface area contributed by atoms with E-state index < -0.39 is 12.8 Å². The van der Waals surface area contributed by atoms with Gasteiger partial charge < -0.3 is 15.7 Å². The first-order valence-electron chi connectivity index (χ1n) is 3.50. The molecule has 1 heterocycles. The Labute approximate surface area is 63.8 Å². The molecule has 5 heteroatoms. The highest BCUT2D eigenvalue weighted by Crippen LogP contribution is 2.08. The number of hydrogen-bond acceptors (Lipinski definition) is 2. The Kier molecular flexibility index (Phi) is 2.64. The van der Waals surface area contributed by atoms with Gasteiger partial charge in [0.25, 0.3) is 0 Å². The maximum absolute atomic E-state index is 12.1. The third-order valence-corrected chi connectivity index (χ3v) is 1.85. The molecular formula is C6H11FN2O2. The van der Waals surface area contributed by atoms with E-state index in [1.807, 2.05) is 0 Å². The Morgan fingerprint density at radius 2 is 2.45 bits per heavy atom. The molecule has 1 fully saturated rings. The van der Waals surface area contributed by atoms with Crippen molar-refractivity contribution in [2.24, 2.45) is 5.92 Å². The van der Waals surface area contributed by atoms with E-state index in [9.17, 15) is 9.18 Å². The maximum Gasteiger partial charge on any atom is 0.404 e. The lowest BCUT2D eigenvalue weighted by Gasteiger charge is -2.14. The first-order valence-corrected chi connectivity index (χ1v) is 3.50. The lowest BCUT2D eigenvalue weighted by molar-refractivity contribution is 0.186. The molecule has 2 atom stereocenters. The number of hydrogen-bond donors (Lipinski definition) is 3. The molecule has 1 amide bonds. The number of carbonyl (C=O) groups is 1. The molecule has 0 bridgehead atoms. The SMILES string of the molecule is O=C(O)N[C@@H]1CNC[C@@H]1CF. The largest absolute Gasteiger partial charge is 0.465 e. The zero-order chi connectivity index (χ0) is 8.27. The summed E-state index contributed by atoms with van der Waals surface area (Å²) in [6, 6.07) is -0.266. The van der Waals surface area contributed by atoms with Crippen LogP contribution in [0, 0.1) is 5.92 Å². The summed E-state index contributed by atoms with van der Waals surface area (Å²) in [5.74, 6) is -0.203. The second-order valence-electron chi connectivity index (χ2n) is 2.63. The highest BCUT2D eigenvalue weighted by Gasteiger charge is 2.27. The second-order valence-corrected chi connectivity index (χ2v) is 2.63. The Morgan fingerprint density at radius 1 is 1.73 bits per heavy atom. The van der Waals surface area contributed by atoms with Crippen molar-refractivity contribution in [2.75, 3.05) is 19.8 Å². The molecule has 0 aliphatic carbocycles. The van der Waals surface area contributed by atoms with Crippen LogP contribution >= 0.6 is 0 Å². The lowest BCUT2D eigenvalue weighted by atomic mass is 10.1. The minimum absolute atomic E-state index is 0.203. The predicted molar refractivity (Wildman–Crippen MR) is 37.3 cm³/mol. The zero-order valence-corrected chi connectivity index (χ0v) is 6.01. The van der Waals surface area contributed by atoms with Crippen molar-refractivity contribution < 1.29 is 14.3 Å². The van der Waals surface area contributed by atoms with E-state index in [1.165, 1.54) is 0 Å². The first kappa shape index (κ1) is 8.26. The number of halogens is 1. The molecule has 0 unspecified atom stereocenters. The molecule has 64 valence electrons. The average Bonchev–Trinajstić information content (AvgIpc) is 2.34. The lowest BCUT2D eigenvalue weighted by Crippen LogP contribution is -2.40. The summed E-state index contributed by atoms with van der Waals surface area (Å²) in [5, 5.41) is 13.5. The van der Waals surface area contributed by atoms with E-state index in [0.29, 0.717) is 13.1 Å². The van der Waals surface area contributed by atoms with Crippen LogP contribution in [0.15, 0.2) is 0 Å². The van der Waals surface area contributed by atoms with Gasteiger partial charge in [-0.05, 0) is 0 Å². The van der Waals surface area contributed by atoms with Gasteiger partial charge in [0, 0.05) is 19.0 Å². The van der Waals surface area contributed by atoms with Gasteiger partial charge in [-0.2, -0.15) is 0 Å². The number of nitrogens with one attached hydrogen (secondary N) is 2. The van der Waals surface area contributed by atoms with Crippen molar-refractivity contribution in [3.63, 3.8) is 0 Å².